The highest BCUT2D eigenvalue weighted by Gasteiger charge is 2.10. The fraction of sp³-hybridized carbons (Fsp3) is 0.500. The molecular weight excluding hydrogens is 244 g/mol. The average molecular weight is 264 g/mol. The van der Waals surface area contributed by atoms with Gasteiger partial charge in [-0.2, -0.15) is 0 Å². The SMILES string of the molecule is CCCCCCCNC(=O)c1cccc([N+](=O)[O-])c1. The molecule has 0 spiro atoms. The van der Waals surface area contributed by atoms with Gasteiger partial charge in [0.1, 0.15) is 0 Å². The van der Waals surface area contributed by atoms with Gasteiger partial charge in [-0.1, -0.05) is 38.7 Å². The first-order valence-corrected chi connectivity index (χ1v) is 6.67. The number of benzene rings is 1. The Hall–Kier alpha value is -1.91. The number of hydrogen-bond donors (Lipinski definition) is 1. The molecule has 0 aromatic heterocycles. The largest absolute Gasteiger partial charge is 0.352 e. The number of unbranched alkanes of at least 4 members (excludes halogenated alkanes) is 4. The van der Waals surface area contributed by atoms with Crippen LogP contribution in [0.25, 0.3) is 0 Å². The molecule has 0 atom stereocenters. The van der Waals surface area contributed by atoms with Gasteiger partial charge in [0.05, 0.1) is 4.92 Å². The van der Waals surface area contributed by atoms with E-state index in [-0.39, 0.29) is 11.6 Å². The van der Waals surface area contributed by atoms with Gasteiger partial charge >= 0.3 is 0 Å². The van der Waals surface area contributed by atoms with E-state index in [4.69, 9.17) is 0 Å². The van der Waals surface area contributed by atoms with Crippen molar-refractivity contribution in [2.45, 2.75) is 39.0 Å². The molecule has 0 unspecified atom stereocenters. The quantitative estimate of drug-likeness (QED) is 0.445. The Bertz CT molecular complexity index is 432. The second-order valence-corrected chi connectivity index (χ2v) is 4.48. The zero-order chi connectivity index (χ0) is 14.1. The minimum Gasteiger partial charge on any atom is -0.352 e. The summed E-state index contributed by atoms with van der Waals surface area (Å²) in [6.45, 7) is 2.77. The predicted octanol–water partition coefficient (Wildman–Crippen LogP) is 3.30. The third-order valence-electron chi connectivity index (χ3n) is 2.89. The molecule has 0 heterocycles. The summed E-state index contributed by atoms with van der Waals surface area (Å²) in [6, 6.07) is 5.78. The van der Waals surface area contributed by atoms with E-state index in [9.17, 15) is 14.9 Å². The number of hydrogen-bond acceptors (Lipinski definition) is 3. The molecule has 0 saturated carbocycles. The van der Waals surface area contributed by atoms with Crippen LogP contribution in [-0.2, 0) is 0 Å². The molecule has 0 aliphatic rings. The maximum absolute atomic E-state index is 11.8. The number of carbonyl (C=O) groups excluding carboxylic acids is 1. The number of nitrogens with one attached hydrogen (secondary N) is 1. The third kappa shape index (κ3) is 5.50. The fourth-order valence-electron chi connectivity index (χ4n) is 1.79. The molecule has 1 N–H and O–H groups in total. The van der Waals surface area contributed by atoms with Gasteiger partial charge in [-0.3, -0.25) is 14.9 Å². The van der Waals surface area contributed by atoms with Crippen molar-refractivity contribution >= 4 is 11.6 Å². The number of nitro benzene ring substituents is 1. The van der Waals surface area contributed by atoms with Crippen molar-refractivity contribution in [3.05, 3.63) is 39.9 Å². The topological polar surface area (TPSA) is 72.2 Å². The molecule has 1 rings (SSSR count). The maximum atomic E-state index is 11.8. The summed E-state index contributed by atoms with van der Waals surface area (Å²) in [7, 11) is 0. The van der Waals surface area contributed by atoms with Crippen LogP contribution in [0.3, 0.4) is 0 Å². The van der Waals surface area contributed by atoms with Gasteiger partial charge in [-0.05, 0) is 12.5 Å². The number of non-ortho nitro benzene ring substituents is 1. The Morgan fingerprint density at radius 1 is 1.26 bits per heavy atom. The first kappa shape index (κ1) is 15.1. The molecule has 19 heavy (non-hydrogen) atoms. The summed E-state index contributed by atoms with van der Waals surface area (Å²) in [4.78, 5) is 21.9. The molecule has 0 radical (unpaired) electrons. The molecule has 0 bridgehead atoms. The van der Waals surface area contributed by atoms with E-state index in [0.29, 0.717) is 12.1 Å². The predicted molar refractivity (Wildman–Crippen MR) is 74.2 cm³/mol. The van der Waals surface area contributed by atoms with Gasteiger partial charge < -0.3 is 5.32 Å². The molecule has 5 nitrogen and oxygen atoms in total. The number of amides is 1. The van der Waals surface area contributed by atoms with E-state index < -0.39 is 4.92 Å². The van der Waals surface area contributed by atoms with E-state index in [1.807, 2.05) is 0 Å². The van der Waals surface area contributed by atoms with E-state index in [1.54, 1.807) is 6.07 Å². The van der Waals surface area contributed by atoms with E-state index in [1.165, 1.54) is 37.5 Å². The van der Waals surface area contributed by atoms with Crippen molar-refractivity contribution in [1.82, 2.24) is 5.32 Å². The Kier molecular flexibility index (Phi) is 6.57. The van der Waals surface area contributed by atoms with E-state index in [2.05, 4.69) is 12.2 Å². The summed E-state index contributed by atoms with van der Waals surface area (Å²) in [5.74, 6) is -0.251. The highest BCUT2D eigenvalue weighted by Crippen LogP contribution is 2.12. The molecule has 5 heteroatoms. The van der Waals surface area contributed by atoms with Crippen LogP contribution < -0.4 is 5.32 Å². The van der Waals surface area contributed by atoms with Crippen molar-refractivity contribution in [2.24, 2.45) is 0 Å². The van der Waals surface area contributed by atoms with Crippen LogP contribution in [-0.4, -0.2) is 17.4 Å². The highest BCUT2D eigenvalue weighted by molar-refractivity contribution is 5.94. The minimum absolute atomic E-state index is 0.0596. The van der Waals surface area contributed by atoms with Gasteiger partial charge in [0, 0.05) is 24.2 Å². The second-order valence-electron chi connectivity index (χ2n) is 4.48. The lowest BCUT2D eigenvalue weighted by molar-refractivity contribution is -0.384. The van der Waals surface area contributed by atoms with Gasteiger partial charge in [-0.25, -0.2) is 0 Å². The van der Waals surface area contributed by atoms with Crippen molar-refractivity contribution < 1.29 is 9.72 Å². The molecule has 1 amide bonds. The molecule has 0 aliphatic carbocycles. The standard InChI is InChI=1S/C14H20N2O3/c1-2-3-4-5-6-10-15-14(17)12-8-7-9-13(11-12)16(18)19/h7-9,11H,2-6,10H2,1H3,(H,15,17). The summed E-state index contributed by atoms with van der Waals surface area (Å²) in [5.41, 5.74) is 0.276. The first-order valence-electron chi connectivity index (χ1n) is 6.67. The van der Waals surface area contributed by atoms with Crippen molar-refractivity contribution in [2.75, 3.05) is 6.54 Å². The molecule has 1 aromatic carbocycles. The van der Waals surface area contributed by atoms with Gasteiger partial charge in [0.15, 0.2) is 0 Å². The Labute approximate surface area is 113 Å². The third-order valence-corrected chi connectivity index (χ3v) is 2.89. The van der Waals surface area contributed by atoms with Gasteiger partial charge in [0.25, 0.3) is 11.6 Å². The molecule has 0 aliphatic heterocycles. The van der Waals surface area contributed by atoms with E-state index in [0.717, 1.165) is 12.8 Å². The summed E-state index contributed by atoms with van der Waals surface area (Å²) in [5, 5.41) is 13.4. The normalized spacial score (nSPS) is 10.2. The lowest BCUT2D eigenvalue weighted by atomic mass is 10.1. The second kappa shape index (κ2) is 8.24. The van der Waals surface area contributed by atoms with Crippen LogP contribution in [0, 0.1) is 10.1 Å². The Morgan fingerprint density at radius 3 is 2.68 bits per heavy atom. The number of carbonyl (C=O) groups is 1. The maximum Gasteiger partial charge on any atom is 0.270 e. The van der Waals surface area contributed by atoms with Gasteiger partial charge in [0.2, 0.25) is 0 Å². The smallest absolute Gasteiger partial charge is 0.270 e. The molecule has 0 saturated heterocycles. The Morgan fingerprint density at radius 2 is 2.00 bits per heavy atom. The average Bonchev–Trinajstić information content (AvgIpc) is 2.42. The summed E-state index contributed by atoms with van der Waals surface area (Å²) in [6.07, 6.45) is 5.64. The molecule has 0 fully saturated rings. The molecular formula is C14H20N2O3. The molecule has 1 aromatic rings. The first-order chi connectivity index (χ1) is 9.15. The number of nitrogens with zero attached hydrogens (tertiary/aromatic N) is 1. The zero-order valence-corrected chi connectivity index (χ0v) is 11.2. The van der Waals surface area contributed by atoms with Crippen molar-refractivity contribution in [3.8, 4) is 0 Å². The highest BCUT2D eigenvalue weighted by atomic mass is 16.6. The van der Waals surface area contributed by atoms with E-state index >= 15 is 0 Å². The van der Waals surface area contributed by atoms with Gasteiger partial charge in [-0.15, -0.1) is 0 Å². The number of nitro groups is 1. The van der Waals surface area contributed by atoms with Crippen LogP contribution in [0.2, 0.25) is 0 Å². The zero-order valence-electron chi connectivity index (χ0n) is 11.2. The van der Waals surface area contributed by atoms with Crippen LogP contribution in [0.4, 0.5) is 5.69 Å². The lowest BCUT2D eigenvalue weighted by Gasteiger charge is -2.05. The summed E-state index contributed by atoms with van der Waals surface area (Å²) < 4.78 is 0. The number of rotatable bonds is 8. The summed E-state index contributed by atoms with van der Waals surface area (Å²) >= 11 is 0. The molecule has 104 valence electrons. The van der Waals surface area contributed by atoms with Crippen LogP contribution in [0.15, 0.2) is 24.3 Å². The van der Waals surface area contributed by atoms with Crippen LogP contribution >= 0.6 is 0 Å². The van der Waals surface area contributed by atoms with Crippen LogP contribution in [0.5, 0.6) is 0 Å². The monoisotopic (exact) mass is 264 g/mol. The lowest BCUT2D eigenvalue weighted by Crippen LogP contribution is -2.24. The van der Waals surface area contributed by atoms with Crippen LogP contribution in [0.1, 0.15) is 49.4 Å². The Balaban J connectivity index is 2.37. The van der Waals surface area contributed by atoms with Crippen molar-refractivity contribution in [3.63, 3.8) is 0 Å². The van der Waals surface area contributed by atoms with Crippen molar-refractivity contribution in [1.29, 1.82) is 0 Å². The fourth-order valence-corrected chi connectivity index (χ4v) is 1.79. The minimum atomic E-state index is -0.498.